The Morgan fingerprint density at radius 3 is 2.77 bits per heavy atom. The summed E-state index contributed by atoms with van der Waals surface area (Å²) in [5.41, 5.74) is 0.530. The van der Waals surface area contributed by atoms with Gasteiger partial charge in [0.2, 0.25) is 5.75 Å². The van der Waals surface area contributed by atoms with Crippen LogP contribution in [0, 0.1) is 10.1 Å². The normalized spacial score (nSPS) is 12.4. The molecular weight excluding hydrogens is 452 g/mol. The molecule has 0 aliphatic rings. The highest BCUT2D eigenvalue weighted by Gasteiger charge is 2.20. The average molecular weight is 473 g/mol. The van der Waals surface area contributed by atoms with Crippen molar-refractivity contribution < 1.29 is 9.66 Å². The molecule has 1 atom stereocenters. The number of hydrogen-bond donors (Lipinski definition) is 0. The van der Waals surface area contributed by atoms with E-state index in [1.807, 2.05) is 26.8 Å². The van der Waals surface area contributed by atoms with Crippen molar-refractivity contribution in [1.29, 1.82) is 0 Å². The van der Waals surface area contributed by atoms with Crippen LogP contribution in [0.3, 0.4) is 0 Å². The highest BCUT2D eigenvalue weighted by atomic mass is 79.9. The number of rotatable bonds is 7. The summed E-state index contributed by atoms with van der Waals surface area (Å²) in [6.45, 7) is 5.64. The quantitative estimate of drug-likeness (QED) is 0.282. The number of nitrogens with zero attached hydrogens (tertiary/aromatic N) is 4. The summed E-state index contributed by atoms with van der Waals surface area (Å²) in [6, 6.07) is 9.89. The zero-order valence-electron chi connectivity index (χ0n) is 16.8. The van der Waals surface area contributed by atoms with Crippen molar-refractivity contribution in [2.45, 2.75) is 39.7 Å². The number of nitro groups is 1. The van der Waals surface area contributed by atoms with Crippen LogP contribution in [0.2, 0.25) is 0 Å². The van der Waals surface area contributed by atoms with Gasteiger partial charge in [-0.1, -0.05) is 35.8 Å². The zero-order valence-corrected chi connectivity index (χ0v) is 18.4. The fourth-order valence-electron chi connectivity index (χ4n) is 2.86. The van der Waals surface area contributed by atoms with Crippen molar-refractivity contribution in [2.75, 3.05) is 0 Å². The lowest BCUT2D eigenvalue weighted by molar-refractivity contribution is -0.386. The Hall–Kier alpha value is -3.07. The molecule has 0 amide bonds. The van der Waals surface area contributed by atoms with Gasteiger partial charge in [-0.05, 0) is 37.6 Å². The second kappa shape index (κ2) is 9.17. The Labute approximate surface area is 181 Å². The lowest BCUT2D eigenvalue weighted by atomic mass is 10.2. The van der Waals surface area contributed by atoms with Gasteiger partial charge in [0.05, 0.1) is 28.1 Å². The average Bonchev–Trinajstić information content (AvgIpc) is 2.73. The van der Waals surface area contributed by atoms with Gasteiger partial charge in [0, 0.05) is 22.5 Å². The van der Waals surface area contributed by atoms with Crippen LogP contribution < -0.4 is 10.3 Å². The molecule has 0 N–H and O–H groups in total. The maximum Gasteiger partial charge on any atom is 0.311 e. The van der Waals surface area contributed by atoms with E-state index in [-0.39, 0.29) is 23.1 Å². The number of benzene rings is 2. The number of halogens is 1. The lowest BCUT2D eigenvalue weighted by Crippen LogP contribution is -2.22. The molecule has 30 heavy (non-hydrogen) atoms. The molecule has 0 unspecified atom stereocenters. The van der Waals surface area contributed by atoms with E-state index in [0.717, 1.165) is 4.47 Å². The third kappa shape index (κ3) is 4.40. The van der Waals surface area contributed by atoms with Crippen molar-refractivity contribution in [2.24, 2.45) is 5.10 Å². The summed E-state index contributed by atoms with van der Waals surface area (Å²) >= 11 is 3.37. The molecule has 9 heteroatoms. The largest absolute Gasteiger partial charge is 0.483 e. The Kier molecular flexibility index (Phi) is 6.61. The second-order valence-corrected chi connectivity index (χ2v) is 7.61. The van der Waals surface area contributed by atoms with E-state index in [2.05, 4.69) is 26.0 Å². The fraction of sp³-hybridized carbons (Fsp3) is 0.286. The molecule has 0 fully saturated rings. The second-order valence-electron chi connectivity index (χ2n) is 6.69. The Balaban J connectivity index is 2.15. The minimum absolute atomic E-state index is 0.128. The van der Waals surface area contributed by atoms with Gasteiger partial charge in [-0.25, -0.2) is 4.98 Å². The van der Waals surface area contributed by atoms with Crippen molar-refractivity contribution in [1.82, 2.24) is 9.66 Å². The van der Waals surface area contributed by atoms with E-state index in [4.69, 9.17) is 4.74 Å². The highest BCUT2D eigenvalue weighted by Crippen LogP contribution is 2.31. The van der Waals surface area contributed by atoms with Gasteiger partial charge < -0.3 is 4.74 Å². The summed E-state index contributed by atoms with van der Waals surface area (Å²) < 4.78 is 7.79. The number of ether oxygens (including phenoxy) is 1. The van der Waals surface area contributed by atoms with Crippen LogP contribution >= 0.6 is 15.9 Å². The van der Waals surface area contributed by atoms with Crippen molar-refractivity contribution in [3.63, 3.8) is 0 Å². The highest BCUT2D eigenvalue weighted by molar-refractivity contribution is 9.10. The molecule has 0 spiro atoms. The first kappa shape index (κ1) is 21.6. The number of hydrogen-bond acceptors (Lipinski definition) is 6. The third-order valence-electron chi connectivity index (χ3n) is 4.62. The van der Waals surface area contributed by atoms with Crippen LogP contribution in [0.1, 0.15) is 38.6 Å². The van der Waals surface area contributed by atoms with Crippen LogP contribution in [0.15, 0.2) is 50.8 Å². The van der Waals surface area contributed by atoms with Crippen LogP contribution in [-0.2, 0) is 6.42 Å². The third-order valence-corrected chi connectivity index (χ3v) is 5.11. The van der Waals surface area contributed by atoms with Crippen LogP contribution in [0.4, 0.5) is 5.69 Å². The van der Waals surface area contributed by atoms with Gasteiger partial charge in [0.1, 0.15) is 5.82 Å². The summed E-state index contributed by atoms with van der Waals surface area (Å²) in [6.07, 6.45) is 2.36. The molecular formula is C21H21BrN4O4. The molecule has 8 nitrogen and oxygen atoms in total. The monoisotopic (exact) mass is 472 g/mol. The smallest absolute Gasteiger partial charge is 0.311 e. The SMILES string of the molecule is CCc1nc2ccc(Br)cc2c(=O)n1N=Cc1cccc([N+](=O)[O-])c1O[C@@H](C)CC. The van der Waals surface area contributed by atoms with E-state index in [1.165, 1.54) is 17.0 Å². The number of nitro benzene ring substituents is 1. The van der Waals surface area contributed by atoms with Gasteiger partial charge >= 0.3 is 5.69 Å². The van der Waals surface area contributed by atoms with Crippen molar-refractivity contribution in [3.8, 4) is 5.75 Å². The fourth-order valence-corrected chi connectivity index (χ4v) is 3.22. The molecule has 3 aromatic rings. The molecule has 0 radical (unpaired) electrons. The Morgan fingerprint density at radius 2 is 2.10 bits per heavy atom. The maximum atomic E-state index is 13.0. The van der Waals surface area contributed by atoms with Gasteiger partial charge in [0.25, 0.3) is 5.56 Å². The molecule has 0 aliphatic carbocycles. The lowest BCUT2D eigenvalue weighted by Gasteiger charge is -2.14. The molecule has 1 aromatic heterocycles. The summed E-state index contributed by atoms with van der Waals surface area (Å²) in [5.74, 6) is 0.615. The maximum absolute atomic E-state index is 13.0. The predicted octanol–water partition coefficient (Wildman–Crippen LogP) is 4.69. The van der Waals surface area contributed by atoms with Crippen LogP contribution in [0.5, 0.6) is 5.75 Å². The van der Waals surface area contributed by atoms with E-state index in [0.29, 0.717) is 35.1 Å². The van der Waals surface area contributed by atoms with Crippen LogP contribution in [0.25, 0.3) is 10.9 Å². The molecule has 156 valence electrons. The van der Waals surface area contributed by atoms with Crippen LogP contribution in [-0.4, -0.2) is 26.9 Å². The molecule has 1 heterocycles. The zero-order chi connectivity index (χ0) is 21.8. The van der Waals surface area contributed by atoms with Gasteiger partial charge in [-0.15, -0.1) is 0 Å². The molecule has 2 aromatic carbocycles. The van der Waals surface area contributed by atoms with E-state index < -0.39 is 4.92 Å². The first-order valence-corrected chi connectivity index (χ1v) is 10.3. The number of aryl methyl sites for hydroxylation is 1. The van der Waals surface area contributed by atoms with E-state index in [1.54, 1.807) is 24.3 Å². The predicted molar refractivity (Wildman–Crippen MR) is 120 cm³/mol. The first-order valence-electron chi connectivity index (χ1n) is 9.55. The molecule has 3 rings (SSSR count). The van der Waals surface area contributed by atoms with Gasteiger partial charge in [-0.2, -0.15) is 9.78 Å². The molecule has 0 aliphatic heterocycles. The topological polar surface area (TPSA) is 99.6 Å². The van der Waals surface area contributed by atoms with E-state index >= 15 is 0 Å². The first-order chi connectivity index (χ1) is 14.3. The number of para-hydroxylation sites is 1. The van der Waals surface area contributed by atoms with Gasteiger partial charge in [-0.3, -0.25) is 14.9 Å². The Morgan fingerprint density at radius 1 is 1.33 bits per heavy atom. The molecule has 0 bridgehead atoms. The van der Waals surface area contributed by atoms with Crippen molar-refractivity contribution in [3.05, 3.63) is 72.7 Å². The standard InChI is InChI=1S/C21H21BrN4O4/c1-4-13(3)30-20-14(7-6-8-18(20)26(28)29)12-23-25-19(5-2)24-17-10-9-15(22)11-16(17)21(25)27/h6-13H,4-5H2,1-3H3/t13-/m0/s1. The minimum atomic E-state index is -0.492. The van der Waals surface area contributed by atoms with E-state index in [9.17, 15) is 14.9 Å². The summed E-state index contributed by atoms with van der Waals surface area (Å²) in [4.78, 5) is 28.5. The number of fused-ring (bicyclic) bond motifs is 1. The molecule has 0 saturated carbocycles. The Bertz CT molecular complexity index is 1190. The molecule has 0 saturated heterocycles. The summed E-state index contributed by atoms with van der Waals surface area (Å²) in [7, 11) is 0. The minimum Gasteiger partial charge on any atom is -0.483 e. The van der Waals surface area contributed by atoms with Gasteiger partial charge in [0.15, 0.2) is 0 Å². The van der Waals surface area contributed by atoms with Crippen molar-refractivity contribution >= 4 is 38.7 Å². The number of aromatic nitrogens is 2. The summed E-state index contributed by atoms with van der Waals surface area (Å²) in [5, 5.41) is 16.2.